The van der Waals surface area contributed by atoms with Crippen molar-refractivity contribution in [2.75, 3.05) is 0 Å². The minimum absolute atomic E-state index is 0.726. The van der Waals surface area contributed by atoms with E-state index in [1.165, 1.54) is 38.2 Å². The van der Waals surface area contributed by atoms with Crippen LogP contribution in [0.5, 0.6) is 0 Å². The van der Waals surface area contributed by atoms with Crippen molar-refractivity contribution in [2.24, 2.45) is 9.98 Å². The molecule has 0 bridgehead atoms. The van der Waals surface area contributed by atoms with E-state index in [2.05, 4.69) is 119 Å². The highest BCUT2D eigenvalue weighted by Gasteiger charge is 1.97. The lowest BCUT2D eigenvalue weighted by Gasteiger charge is -2.01. The molecule has 0 aliphatic carbocycles. The van der Waals surface area contributed by atoms with Crippen LogP contribution in [-0.4, -0.2) is 12.4 Å². The summed E-state index contributed by atoms with van der Waals surface area (Å²) < 4.78 is 0. The molecule has 2 heteroatoms. The standard InChI is InChI=1S/2C18H15N/c1-2-7-15(8-3-1)13-19-14-17-11-6-10-16-9-4-5-12-18(16)17;1-2-6-15(7-3-1)13-19-14-16-10-11-17-8-4-5-9-18(17)12-16/h2*1-12,14H,13H2. The van der Waals surface area contributed by atoms with Crippen LogP contribution in [0, 0.1) is 0 Å². The highest BCUT2D eigenvalue weighted by molar-refractivity contribution is 5.99. The molecule has 0 unspecified atom stereocenters. The average Bonchev–Trinajstić information content (AvgIpc) is 2.99. The van der Waals surface area contributed by atoms with Crippen molar-refractivity contribution in [3.63, 3.8) is 0 Å². The van der Waals surface area contributed by atoms with Gasteiger partial charge in [0, 0.05) is 18.0 Å². The van der Waals surface area contributed by atoms with Crippen molar-refractivity contribution in [3.05, 3.63) is 168 Å². The molecular formula is C36H30N2. The number of hydrogen-bond donors (Lipinski definition) is 0. The second-order valence-corrected chi connectivity index (χ2v) is 9.09. The lowest BCUT2D eigenvalue weighted by Crippen LogP contribution is -1.86. The molecule has 2 nitrogen and oxygen atoms in total. The molecule has 0 aliphatic heterocycles. The predicted molar refractivity (Wildman–Crippen MR) is 163 cm³/mol. The zero-order valence-corrected chi connectivity index (χ0v) is 21.3. The van der Waals surface area contributed by atoms with Gasteiger partial charge in [0.25, 0.3) is 0 Å². The average molecular weight is 491 g/mol. The second kappa shape index (κ2) is 12.9. The second-order valence-electron chi connectivity index (χ2n) is 9.09. The summed E-state index contributed by atoms with van der Waals surface area (Å²) in [6.45, 7) is 1.46. The van der Waals surface area contributed by atoms with Crippen molar-refractivity contribution >= 4 is 34.0 Å². The van der Waals surface area contributed by atoms with Crippen LogP contribution in [-0.2, 0) is 13.1 Å². The van der Waals surface area contributed by atoms with E-state index in [9.17, 15) is 0 Å². The third-order valence-electron chi connectivity index (χ3n) is 6.30. The molecular weight excluding hydrogens is 460 g/mol. The first-order valence-electron chi connectivity index (χ1n) is 12.9. The van der Waals surface area contributed by atoms with Crippen LogP contribution in [0.2, 0.25) is 0 Å². The van der Waals surface area contributed by atoms with Crippen LogP contribution in [0.1, 0.15) is 22.3 Å². The number of fused-ring (bicyclic) bond motifs is 2. The Hall–Kier alpha value is -4.82. The first-order valence-corrected chi connectivity index (χ1v) is 12.9. The lowest BCUT2D eigenvalue weighted by atomic mass is 10.1. The van der Waals surface area contributed by atoms with E-state index in [-0.39, 0.29) is 0 Å². The Morgan fingerprint density at radius 3 is 1.68 bits per heavy atom. The molecule has 0 saturated carbocycles. The number of aliphatic imine (C=N–C) groups is 2. The summed E-state index contributed by atoms with van der Waals surface area (Å²) in [5, 5.41) is 5.03. The molecule has 0 aromatic heterocycles. The number of nitrogens with zero attached hydrogens (tertiary/aromatic N) is 2. The minimum Gasteiger partial charge on any atom is -0.288 e. The molecule has 38 heavy (non-hydrogen) atoms. The monoisotopic (exact) mass is 490 g/mol. The van der Waals surface area contributed by atoms with E-state index in [0.717, 1.165) is 18.7 Å². The van der Waals surface area contributed by atoms with E-state index in [1.807, 2.05) is 48.8 Å². The Balaban J connectivity index is 0.000000155. The summed E-state index contributed by atoms with van der Waals surface area (Å²) in [4.78, 5) is 9.03. The summed E-state index contributed by atoms with van der Waals surface area (Å²) in [5.74, 6) is 0. The number of benzene rings is 6. The first-order chi connectivity index (χ1) is 18.8. The molecule has 0 aliphatic rings. The van der Waals surface area contributed by atoms with Gasteiger partial charge in [-0.15, -0.1) is 0 Å². The molecule has 0 heterocycles. The molecule has 0 amide bonds. The summed E-state index contributed by atoms with van der Waals surface area (Å²) >= 11 is 0. The first kappa shape index (κ1) is 24.9. The Labute approximate surface area is 224 Å². The van der Waals surface area contributed by atoms with Crippen LogP contribution in [0.15, 0.2) is 156 Å². The largest absolute Gasteiger partial charge is 0.288 e. The van der Waals surface area contributed by atoms with Crippen LogP contribution >= 0.6 is 0 Å². The fourth-order valence-electron chi connectivity index (χ4n) is 4.32. The van der Waals surface area contributed by atoms with E-state index in [1.54, 1.807) is 0 Å². The van der Waals surface area contributed by atoms with Crippen LogP contribution in [0.25, 0.3) is 21.5 Å². The molecule has 0 spiro atoms. The molecule has 0 saturated heterocycles. The van der Waals surface area contributed by atoms with Gasteiger partial charge >= 0.3 is 0 Å². The quantitative estimate of drug-likeness (QED) is 0.208. The maximum Gasteiger partial charge on any atom is 0.0639 e. The molecule has 0 radical (unpaired) electrons. The van der Waals surface area contributed by atoms with Crippen LogP contribution in [0.4, 0.5) is 0 Å². The zero-order chi connectivity index (χ0) is 25.8. The summed E-state index contributed by atoms with van der Waals surface area (Å²) in [6, 6.07) is 50.1. The Kier molecular flexibility index (Phi) is 8.46. The molecule has 6 aromatic rings. The SMILES string of the molecule is C(=NCc1ccccc1)c1ccc2ccccc2c1.C(=NCc1ccccc1)c1cccc2ccccc12. The number of rotatable bonds is 6. The maximum atomic E-state index is 4.54. The third-order valence-corrected chi connectivity index (χ3v) is 6.30. The summed E-state index contributed by atoms with van der Waals surface area (Å²) in [5.41, 5.74) is 4.79. The maximum absolute atomic E-state index is 4.54. The normalized spacial score (nSPS) is 11.2. The van der Waals surface area contributed by atoms with E-state index in [4.69, 9.17) is 0 Å². The zero-order valence-electron chi connectivity index (χ0n) is 21.3. The molecule has 0 atom stereocenters. The van der Waals surface area contributed by atoms with Crippen molar-refractivity contribution < 1.29 is 0 Å². The van der Waals surface area contributed by atoms with Crippen LogP contribution in [0.3, 0.4) is 0 Å². The fourth-order valence-corrected chi connectivity index (χ4v) is 4.32. The van der Waals surface area contributed by atoms with Crippen molar-refractivity contribution in [1.29, 1.82) is 0 Å². The Morgan fingerprint density at radius 1 is 0.421 bits per heavy atom. The van der Waals surface area contributed by atoms with E-state index < -0.39 is 0 Å². The third kappa shape index (κ3) is 6.89. The topological polar surface area (TPSA) is 24.7 Å². The Bertz CT molecular complexity index is 1640. The van der Waals surface area contributed by atoms with Gasteiger partial charge < -0.3 is 0 Å². The van der Waals surface area contributed by atoms with Gasteiger partial charge in [-0.2, -0.15) is 0 Å². The lowest BCUT2D eigenvalue weighted by molar-refractivity contribution is 1.08. The molecule has 6 rings (SSSR count). The molecule has 6 aromatic carbocycles. The summed E-state index contributed by atoms with van der Waals surface area (Å²) in [7, 11) is 0. The Morgan fingerprint density at radius 2 is 0.974 bits per heavy atom. The fraction of sp³-hybridized carbons (Fsp3) is 0.0556. The van der Waals surface area contributed by atoms with Gasteiger partial charge in [0.05, 0.1) is 13.1 Å². The van der Waals surface area contributed by atoms with Crippen LogP contribution < -0.4 is 0 Å². The van der Waals surface area contributed by atoms with Gasteiger partial charge in [-0.3, -0.25) is 9.98 Å². The van der Waals surface area contributed by atoms with Gasteiger partial charge in [0.15, 0.2) is 0 Å². The van der Waals surface area contributed by atoms with Gasteiger partial charge in [0.2, 0.25) is 0 Å². The molecule has 0 fully saturated rings. The van der Waals surface area contributed by atoms with Gasteiger partial charge in [-0.25, -0.2) is 0 Å². The van der Waals surface area contributed by atoms with Crippen molar-refractivity contribution in [1.82, 2.24) is 0 Å². The molecule has 0 N–H and O–H groups in total. The van der Waals surface area contributed by atoms with Gasteiger partial charge in [-0.05, 0) is 44.3 Å². The van der Waals surface area contributed by atoms with E-state index in [0.29, 0.717) is 0 Å². The minimum atomic E-state index is 0.726. The van der Waals surface area contributed by atoms with E-state index >= 15 is 0 Å². The predicted octanol–water partition coefficient (Wildman–Crippen LogP) is 8.92. The summed E-state index contributed by atoms with van der Waals surface area (Å²) in [6.07, 6.45) is 3.91. The highest BCUT2D eigenvalue weighted by Crippen LogP contribution is 2.17. The number of hydrogen-bond acceptors (Lipinski definition) is 2. The smallest absolute Gasteiger partial charge is 0.0639 e. The van der Waals surface area contributed by atoms with Gasteiger partial charge in [0.1, 0.15) is 0 Å². The highest BCUT2D eigenvalue weighted by atomic mass is 14.7. The van der Waals surface area contributed by atoms with Crippen molar-refractivity contribution in [3.8, 4) is 0 Å². The van der Waals surface area contributed by atoms with Crippen molar-refractivity contribution in [2.45, 2.75) is 13.1 Å². The van der Waals surface area contributed by atoms with Gasteiger partial charge in [-0.1, -0.05) is 140 Å². The molecule has 184 valence electrons.